The van der Waals surface area contributed by atoms with Gasteiger partial charge in [0.2, 0.25) is 11.8 Å². The fourth-order valence-corrected chi connectivity index (χ4v) is 5.19. The van der Waals surface area contributed by atoms with E-state index in [-0.39, 0.29) is 23.3 Å². The number of nitrogens with one attached hydrogen (secondary N) is 2. The fraction of sp³-hybridized carbons (Fsp3) is 0.250. The minimum Gasteiger partial charge on any atom is -0.493 e. The molecule has 4 aromatic carbocycles. The van der Waals surface area contributed by atoms with Crippen LogP contribution < -0.4 is 29.8 Å². The Morgan fingerprint density at radius 1 is 0.537 bits per heavy atom. The summed E-state index contributed by atoms with van der Waals surface area (Å²) >= 11 is 11.8. The lowest BCUT2D eigenvalue weighted by atomic mass is 10.1. The van der Waals surface area contributed by atoms with Gasteiger partial charge in [-0.2, -0.15) is 10.2 Å². The van der Waals surface area contributed by atoms with Crippen LogP contribution in [0, 0.1) is 0 Å². The highest BCUT2D eigenvalue weighted by atomic mass is 35.5. The van der Waals surface area contributed by atoms with E-state index in [0.717, 1.165) is 25.7 Å². The lowest BCUT2D eigenvalue weighted by Crippen LogP contribution is -2.17. The maximum absolute atomic E-state index is 12.4. The van der Waals surface area contributed by atoms with Crippen molar-refractivity contribution in [2.75, 3.05) is 14.2 Å². The zero-order chi connectivity index (χ0) is 38.7. The molecule has 0 aliphatic rings. The van der Waals surface area contributed by atoms with E-state index in [4.69, 9.17) is 42.1 Å². The Balaban J connectivity index is 1.06. The summed E-state index contributed by atoms with van der Waals surface area (Å²) in [4.78, 5) is 49.3. The van der Waals surface area contributed by atoms with Crippen molar-refractivity contribution in [1.29, 1.82) is 0 Å². The molecule has 2 amide bonds. The Bertz CT molecular complexity index is 1810. The number of hydrogen-bond acceptors (Lipinski definition) is 10. The molecule has 0 saturated heterocycles. The van der Waals surface area contributed by atoms with Gasteiger partial charge >= 0.3 is 11.9 Å². The lowest BCUT2D eigenvalue weighted by Gasteiger charge is -2.10. The first-order chi connectivity index (χ1) is 26.1. The maximum Gasteiger partial charge on any atom is 0.343 e. The average molecular weight is 776 g/mol. The second kappa shape index (κ2) is 21.7. The zero-order valence-corrected chi connectivity index (χ0v) is 31.3. The first kappa shape index (κ1) is 41.0. The summed E-state index contributed by atoms with van der Waals surface area (Å²) in [6.07, 6.45) is 8.71. The Morgan fingerprint density at radius 2 is 0.907 bits per heavy atom. The molecule has 0 heterocycles. The average Bonchev–Trinajstić information content (AvgIpc) is 3.17. The molecule has 0 atom stereocenters. The van der Waals surface area contributed by atoms with Gasteiger partial charge in [0.15, 0.2) is 23.0 Å². The molecule has 0 fully saturated rings. The SMILES string of the molecule is COc1cc(/C=N/NC(=O)CCCCCCCCC(=O)N/N=C/c2ccc(OC(=O)c3ccc(Cl)cc3)c(OC)c2)ccc1OC(=O)c1ccc(Cl)cc1. The van der Waals surface area contributed by atoms with Crippen molar-refractivity contribution in [2.45, 2.75) is 51.4 Å². The molecule has 0 saturated carbocycles. The van der Waals surface area contributed by atoms with Gasteiger partial charge in [0, 0.05) is 22.9 Å². The number of carbonyl (C=O) groups is 4. The second-order valence-electron chi connectivity index (χ2n) is 11.8. The number of benzene rings is 4. The normalized spacial score (nSPS) is 11.0. The van der Waals surface area contributed by atoms with Crippen molar-refractivity contribution in [3.05, 3.63) is 117 Å². The predicted molar refractivity (Wildman–Crippen MR) is 207 cm³/mol. The number of amides is 2. The van der Waals surface area contributed by atoms with Crippen LogP contribution in [-0.2, 0) is 9.59 Å². The highest BCUT2D eigenvalue weighted by molar-refractivity contribution is 6.31. The summed E-state index contributed by atoms with van der Waals surface area (Å²) in [6, 6.07) is 22.5. The molecule has 2 N–H and O–H groups in total. The fourth-order valence-electron chi connectivity index (χ4n) is 4.93. The number of unbranched alkanes of at least 4 members (excludes halogenated alkanes) is 5. The first-order valence-corrected chi connectivity index (χ1v) is 17.9. The van der Waals surface area contributed by atoms with Gasteiger partial charge in [-0.05, 0) is 109 Å². The van der Waals surface area contributed by atoms with Crippen molar-refractivity contribution < 1.29 is 38.1 Å². The van der Waals surface area contributed by atoms with Crippen molar-refractivity contribution >= 4 is 59.4 Å². The topological polar surface area (TPSA) is 154 Å². The molecule has 54 heavy (non-hydrogen) atoms. The standard InChI is InChI=1S/C40H40Cl2N4O8/c1-51-35-23-27(11-21-33(35)53-39(49)29-13-17-31(41)18-14-29)25-43-45-37(47)9-7-5-3-4-6-8-10-38(48)46-44-26-28-12-22-34(36(24-28)52-2)54-40(50)30-15-19-32(42)20-16-30/h11-26H,3-10H2,1-2H3,(H,45,47)(H,46,48)/b43-25+,44-26+. The van der Waals surface area contributed by atoms with Crippen LogP contribution in [0.15, 0.2) is 95.1 Å². The van der Waals surface area contributed by atoms with E-state index in [2.05, 4.69) is 21.1 Å². The van der Waals surface area contributed by atoms with Gasteiger partial charge in [-0.3, -0.25) is 9.59 Å². The summed E-state index contributed by atoms with van der Waals surface area (Å²) < 4.78 is 21.6. The highest BCUT2D eigenvalue weighted by Gasteiger charge is 2.14. The lowest BCUT2D eigenvalue weighted by molar-refractivity contribution is -0.122. The van der Waals surface area contributed by atoms with Crippen LogP contribution in [0.5, 0.6) is 23.0 Å². The molecule has 0 radical (unpaired) electrons. The van der Waals surface area contributed by atoms with E-state index in [1.165, 1.54) is 26.6 Å². The number of nitrogens with zero attached hydrogens (tertiary/aromatic N) is 2. The number of methoxy groups -OCH3 is 2. The van der Waals surface area contributed by atoms with E-state index in [1.807, 2.05) is 0 Å². The van der Waals surface area contributed by atoms with Crippen LogP contribution in [0.4, 0.5) is 0 Å². The molecule has 282 valence electrons. The minimum absolute atomic E-state index is 0.198. The first-order valence-electron chi connectivity index (χ1n) is 17.1. The number of hydrazone groups is 2. The number of hydrogen-bond donors (Lipinski definition) is 2. The largest absolute Gasteiger partial charge is 0.493 e. The predicted octanol–water partition coefficient (Wildman–Crippen LogP) is 8.17. The van der Waals surface area contributed by atoms with E-state index in [1.54, 1.807) is 84.9 Å². The quantitative estimate of drug-likeness (QED) is 0.0318. The van der Waals surface area contributed by atoms with Gasteiger partial charge in [-0.15, -0.1) is 0 Å². The maximum atomic E-state index is 12.4. The van der Waals surface area contributed by atoms with Crippen LogP contribution in [-0.4, -0.2) is 50.4 Å². The van der Waals surface area contributed by atoms with Crippen molar-refractivity contribution in [3.8, 4) is 23.0 Å². The third-order valence-corrected chi connectivity index (χ3v) is 8.31. The van der Waals surface area contributed by atoms with Crippen LogP contribution in [0.25, 0.3) is 0 Å². The number of ether oxygens (including phenoxy) is 4. The number of carbonyl (C=O) groups excluding carboxylic acids is 4. The zero-order valence-electron chi connectivity index (χ0n) is 29.8. The van der Waals surface area contributed by atoms with Crippen molar-refractivity contribution in [2.24, 2.45) is 10.2 Å². The van der Waals surface area contributed by atoms with E-state index in [0.29, 0.717) is 69.5 Å². The summed E-state index contributed by atoms with van der Waals surface area (Å²) in [5.41, 5.74) is 7.03. The highest BCUT2D eigenvalue weighted by Crippen LogP contribution is 2.30. The Kier molecular flexibility index (Phi) is 16.5. The smallest absolute Gasteiger partial charge is 0.343 e. The number of rotatable bonds is 19. The van der Waals surface area contributed by atoms with Crippen LogP contribution >= 0.6 is 23.2 Å². The van der Waals surface area contributed by atoms with E-state index < -0.39 is 11.9 Å². The monoisotopic (exact) mass is 774 g/mol. The van der Waals surface area contributed by atoms with Crippen LogP contribution in [0.2, 0.25) is 10.0 Å². The minimum atomic E-state index is -0.550. The van der Waals surface area contributed by atoms with Gasteiger partial charge in [-0.1, -0.05) is 48.9 Å². The Labute approximate surface area is 323 Å². The molecule has 0 unspecified atom stereocenters. The molecular formula is C40H40Cl2N4O8. The molecule has 0 bridgehead atoms. The van der Waals surface area contributed by atoms with Gasteiger partial charge in [0.1, 0.15) is 0 Å². The number of esters is 2. The van der Waals surface area contributed by atoms with Crippen LogP contribution in [0.1, 0.15) is 83.2 Å². The van der Waals surface area contributed by atoms with E-state index in [9.17, 15) is 19.2 Å². The third kappa shape index (κ3) is 13.7. The molecule has 0 aliphatic carbocycles. The van der Waals surface area contributed by atoms with Gasteiger partial charge in [0.05, 0.1) is 37.8 Å². The molecular weight excluding hydrogens is 735 g/mol. The molecule has 14 heteroatoms. The second-order valence-corrected chi connectivity index (χ2v) is 12.7. The summed E-state index contributed by atoms with van der Waals surface area (Å²) in [5.74, 6) is -0.346. The molecule has 4 aromatic rings. The van der Waals surface area contributed by atoms with Crippen molar-refractivity contribution in [3.63, 3.8) is 0 Å². The van der Waals surface area contributed by atoms with Gasteiger partial charge < -0.3 is 18.9 Å². The number of halogens is 2. The third-order valence-electron chi connectivity index (χ3n) is 7.80. The van der Waals surface area contributed by atoms with Crippen LogP contribution in [0.3, 0.4) is 0 Å². The molecule has 0 aromatic heterocycles. The molecule has 4 rings (SSSR count). The Morgan fingerprint density at radius 3 is 1.28 bits per heavy atom. The Hall–Kier alpha value is -5.72. The van der Waals surface area contributed by atoms with E-state index >= 15 is 0 Å². The van der Waals surface area contributed by atoms with Gasteiger partial charge in [0.25, 0.3) is 0 Å². The summed E-state index contributed by atoms with van der Waals surface area (Å²) in [6.45, 7) is 0. The van der Waals surface area contributed by atoms with Crippen molar-refractivity contribution in [1.82, 2.24) is 10.9 Å². The molecule has 0 aliphatic heterocycles. The summed E-state index contributed by atoms with van der Waals surface area (Å²) in [5, 5.41) is 9.06. The summed E-state index contributed by atoms with van der Waals surface area (Å²) in [7, 11) is 2.92. The van der Waals surface area contributed by atoms with Gasteiger partial charge in [-0.25, -0.2) is 20.4 Å². The molecule has 0 spiro atoms. The molecule has 12 nitrogen and oxygen atoms in total.